The summed E-state index contributed by atoms with van der Waals surface area (Å²) in [5.74, 6) is 0. The standard InChI is InChI=1S/C15H23Cl2NO2/c1-4-14(11-7-8-12(16)13(17)9-11)18-10-15(19-5-2)20-6-3/h7-9,14-15,18H,4-6,10H2,1-3H3. The SMILES string of the molecule is CCOC(CNC(CC)c1ccc(Cl)c(Cl)c1)OCC. The lowest BCUT2D eigenvalue weighted by atomic mass is 10.0. The van der Waals surface area contributed by atoms with Gasteiger partial charge in [-0.15, -0.1) is 0 Å². The van der Waals surface area contributed by atoms with Crippen molar-refractivity contribution in [3.63, 3.8) is 0 Å². The van der Waals surface area contributed by atoms with Crippen LogP contribution in [0.15, 0.2) is 18.2 Å². The summed E-state index contributed by atoms with van der Waals surface area (Å²) >= 11 is 12.0. The van der Waals surface area contributed by atoms with Crippen LogP contribution >= 0.6 is 23.2 Å². The van der Waals surface area contributed by atoms with E-state index in [0.29, 0.717) is 29.8 Å². The fraction of sp³-hybridized carbons (Fsp3) is 0.600. The first-order chi connectivity index (χ1) is 9.62. The molecule has 0 bridgehead atoms. The van der Waals surface area contributed by atoms with Crippen LogP contribution in [0.2, 0.25) is 10.0 Å². The molecule has 0 saturated heterocycles. The van der Waals surface area contributed by atoms with Crippen molar-refractivity contribution in [1.82, 2.24) is 5.32 Å². The fourth-order valence-corrected chi connectivity index (χ4v) is 2.31. The Labute approximate surface area is 131 Å². The molecule has 20 heavy (non-hydrogen) atoms. The van der Waals surface area contributed by atoms with Crippen LogP contribution in [-0.4, -0.2) is 26.0 Å². The minimum absolute atomic E-state index is 0.202. The van der Waals surface area contributed by atoms with Gasteiger partial charge in [-0.2, -0.15) is 0 Å². The predicted molar refractivity (Wildman–Crippen MR) is 84.5 cm³/mol. The number of hydrogen-bond donors (Lipinski definition) is 1. The van der Waals surface area contributed by atoms with Gasteiger partial charge >= 0.3 is 0 Å². The highest BCUT2D eigenvalue weighted by Gasteiger charge is 2.14. The maximum Gasteiger partial charge on any atom is 0.169 e. The summed E-state index contributed by atoms with van der Waals surface area (Å²) in [7, 11) is 0. The van der Waals surface area contributed by atoms with Crippen LogP contribution < -0.4 is 5.32 Å². The first-order valence-corrected chi connectivity index (χ1v) is 7.79. The van der Waals surface area contributed by atoms with E-state index in [0.717, 1.165) is 12.0 Å². The van der Waals surface area contributed by atoms with Gasteiger partial charge in [0, 0.05) is 25.8 Å². The lowest BCUT2D eigenvalue weighted by Crippen LogP contribution is -2.34. The van der Waals surface area contributed by atoms with E-state index in [1.54, 1.807) is 0 Å². The third-order valence-electron chi connectivity index (χ3n) is 2.99. The number of hydrogen-bond acceptors (Lipinski definition) is 3. The zero-order valence-corrected chi connectivity index (χ0v) is 13.8. The molecule has 0 aromatic heterocycles. The van der Waals surface area contributed by atoms with Crippen molar-refractivity contribution < 1.29 is 9.47 Å². The van der Waals surface area contributed by atoms with Gasteiger partial charge in [0.05, 0.1) is 10.0 Å². The normalized spacial score (nSPS) is 12.9. The molecule has 0 aliphatic heterocycles. The Hall–Kier alpha value is -0.320. The van der Waals surface area contributed by atoms with Gasteiger partial charge in [0.2, 0.25) is 0 Å². The van der Waals surface area contributed by atoms with E-state index in [1.807, 2.05) is 32.0 Å². The summed E-state index contributed by atoms with van der Waals surface area (Å²) < 4.78 is 11.0. The molecule has 1 rings (SSSR count). The van der Waals surface area contributed by atoms with Crippen LogP contribution in [0.1, 0.15) is 38.8 Å². The van der Waals surface area contributed by atoms with Gasteiger partial charge in [-0.1, -0.05) is 36.2 Å². The summed E-state index contributed by atoms with van der Waals surface area (Å²) in [4.78, 5) is 0. The highest BCUT2D eigenvalue weighted by molar-refractivity contribution is 6.42. The van der Waals surface area contributed by atoms with Crippen molar-refractivity contribution in [3.8, 4) is 0 Å². The van der Waals surface area contributed by atoms with Gasteiger partial charge in [-0.25, -0.2) is 0 Å². The van der Waals surface area contributed by atoms with Gasteiger partial charge in [-0.3, -0.25) is 0 Å². The van der Waals surface area contributed by atoms with Crippen LogP contribution in [-0.2, 0) is 9.47 Å². The van der Waals surface area contributed by atoms with Crippen molar-refractivity contribution in [2.24, 2.45) is 0 Å². The summed E-state index contributed by atoms with van der Waals surface area (Å²) in [6.07, 6.45) is 0.727. The smallest absolute Gasteiger partial charge is 0.169 e. The molecule has 0 amide bonds. The first kappa shape index (κ1) is 17.7. The van der Waals surface area contributed by atoms with E-state index in [2.05, 4.69) is 12.2 Å². The number of ether oxygens (including phenoxy) is 2. The van der Waals surface area contributed by atoms with E-state index in [4.69, 9.17) is 32.7 Å². The molecule has 1 aromatic rings. The van der Waals surface area contributed by atoms with Crippen molar-refractivity contribution in [3.05, 3.63) is 33.8 Å². The van der Waals surface area contributed by atoms with Gasteiger partial charge in [0.15, 0.2) is 6.29 Å². The molecule has 1 atom stereocenters. The first-order valence-electron chi connectivity index (χ1n) is 7.03. The largest absolute Gasteiger partial charge is 0.352 e. The van der Waals surface area contributed by atoms with Crippen molar-refractivity contribution in [1.29, 1.82) is 0 Å². The highest BCUT2D eigenvalue weighted by atomic mass is 35.5. The molecule has 0 fully saturated rings. The molecule has 1 aromatic carbocycles. The third-order valence-corrected chi connectivity index (χ3v) is 3.73. The quantitative estimate of drug-likeness (QED) is 0.683. The van der Waals surface area contributed by atoms with E-state index in [9.17, 15) is 0 Å². The Morgan fingerprint density at radius 1 is 1.05 bits per heavy atom. The van der Waals surface area contributed by atoms with Crippen molar-refractivity contribution >= 4 is 23.2 Å². The van der Waals surface area contributed by atoms with Crippen molar-refractivity contribution in [2.45, 2.75) is 39.5 Å². The van der Waals surface area contributed by atoms with Crippen LogP contribution in [0.4, 0.5) is 0 Å². The Kier molecular flexibility index (Phi) is 8.50. The molecule has 0 radical (unpaired) electrons. The summed E-state index contributed by atoms with van der Waals surface area (Å²) in [6, 6.07) is 5.92. The average Bonchev–Trinajstić information content (AvgIpc) is 2.43. The van der Waals surface area contributed by atoms with E-state index >= 15 is 0 Å². The van der Waals surface area contributed by atoms with E-state index in [-0.39, 0.29) is 12.3 Å². The zero-order valence-electron chi connectivity index (χ0n) is 12.3. The molecule has 1 N–H and O–H groups in total. The molecule has 3 nitrogen and oxygen atoms in total. The second-order valence-corrected chi connectivity index (χ2v) is 5.20. The molecule has 0 heterocycles. The Morgan fingerprint density at radius 3 is 2.20 bits per heavy atom. The van der Waals surface area contributed by atoms with Gasteiger partial charge in [-0.05, 0) is 38.0 Å². The molecule has 0 spiro atoms. The molecular weight excluding hydrogens is 297 g/mol. The average molecular weight is 320 g/mol. The monoisotopic (exact) mass is 319 g/mol. The molecular formula is C15H23Cl2NO2. The van der Waals surface area contributed by atoms with Gasteiger partial charge < -0.3 is 14.8 Å². The van der Waals surface area contributed by atoms with Crippen LogP contribution in [0.3, 0.4) is 0 Å². The molecule has 0 aliphatic rings. The van der Waals surface area contributed by atoms with Crippen LogP contribution in [0.25, 0.3) is 0 Å². The summed E-state index contributed by atoms with van der Waals surface area (Å²) in [5.41, 5.74) is 1.12. The zero-order chi connectivity index (χ0) is 15.0. The molecule has 0 saturated carbocycles. The van der Waals surface area contributed by atoms with Crippen molar-refractivity contribution in [2.75, 3.05) is 19.8 Å². The summed E-state index contributed by atoms with van der Waals surface area (Å²) in [5, 5.41) is 4.61. The van der Waals surface area contributed by atoms with Gasteiger partial charge in [0.1, 0.15) is 0 Å². The third kappa shape index (κ3) is 5.58. The number of rotatable bonds is 9. The molecule has 1 unspecified atom stereocenters. The maximum atomic E-state index is 6.07. The second kappa shape index (κ2) is 9.59. The highest BCUT2D eigenvalue weighted by Crippen LogP contribution is 2.26. The lowest BCUT2D eigenvalue weighted by molar-refractivity contribution is -0.133. The van der Waals surface area contributed by atoms with Crippen LogP contribution in [0.5, 0.6) is 0 Å². The fourth-order valence-electron chi connectivity index (χ4n) is 2.00. The topological polar surface area (TPSA) is 30.5 Å². The number of nitrogens with one attached hydrogen (secondary N) is 1. The Morgan fingerprint density at radius 2 is 1.70 bits per heavy atom. The minimum Gasteiger partial charge on any atom is -0.352 e. The minimum atomic E-state index is -0.221. The number of halogens is 2. The maximum absolute atomic E-state index is 6.07. The lowest BCUT2D eigenvalue weighted by Gasteiger charge is -2.22. The van der Waals surface area contributed by atoms with E-state index in [1.165, 1.54) is 0 Å². The summed E-state index contributed by atoms with van der Waals surface area (Å²) in [6.45, 7) is 7.95. The van der Waals surface area contributed by atoms with Crippen LogP contribution in [0, 0.1) is 0 Å². The molecule has 5 heteroatoms. The Bertz CT molecular complexity index is 395. The van der Waals surface area contributed by atoms with E-state index < -0.39 is 0 Å². The number of benzene rings is 1. The predicted octanol–water partition coefficient (Wildman–Crippen LogP) is 4.43. The molecule has 0 aliphatic carbocycles. The second-order valence-electron chi connectivity index (χ2n) is 4.38. The van der Waals surface area contributed by atoms with Gasteiger partial charge in [0.25, 0.3) is 0 Å². The Balaban J connectivity index is 2.63. The molecule has 114 valence electrons.